The Balaban J connectivity index is 2.31. The Labute approximate surface area is 127 Å². The Bertz CT molecular complexity index is 672. The first-order valence-electron chi connectivity index (χ1n) is 5.68. The Hall–Kier alpha value is -1.80. The smallest absolute Gasteiger partial charge is 0.337 e. The second kappa shape index (κ2) is 6.10. The maximum atomic E-state index is 12.1. The van der Waals surface area contributed by atoms with Crippen molar-refractivity contribution in [3.8, 4) is 0 Å². The van der Waals surface area contributed by atoms with Crippen LogP contribution in [0.4, 0.5) is 5.69 Å². The monoisotopic (exact) mass is 355 g/mol. The minimum Gasteiger partial charge on any atom is -0.478 e. The van der Waals surface area contributed by atoms with Crippen LogP contribution in [0.25, 0.3) is 0 Å². The number of hydrogen-bond acceptors (Lipinski definition) is 5. The van der Waals surface area contributed by atoms with Crippen molar-refractivity contribution in [2.75, 3.05) is 5.32 Å². The van der Waals surface area contributed by atoms with Crippen molar-refractivity contribution in [2.45, 2.75) is 13.3 Å². The van der Waals surface area contributed by atoms with Gasteiger partial charge in [-0.05, 0) is 36.2 Å². The summed E-state index contributed by atoms with van der Waals surface area (Å²) in [5, 5.41) is 15.6. The predicted octanol–water partition coefficient (Wildman–Crippen LogP) is 2.81. The molecule has 2 rings (SSSR count). The van der Waals surface area contributed by atoms with Crippen LogP contribution in [0.3, 0.4) is 0 Å². The van der Waals surface area contributed by atoms with Gasteiger partial charge >= 0.3 is 5.97 Å². The van der Waals surface area contributed by atoms with E-state index in [9.17, 15) is 9.59 Å². The summed E-state index contributed by atoms with van der Waals surface area (Å²) in [4.78, 5) is 23.7. The Morgan fingerprint density at radius 1 is 1.45 bits per heavy atom. The van der Waals surface area contributed by atoms with Crippen LogP contribution in [0.5, 0.6) is 0 Å². The second-order valence-electron chi connectivity index (χ2n) is 3.85. The molecule has 104 valence electrons. The molecule has 0 fully saturated rings. The first-order chi connectivity index (χ1) is 9.52. The zero-order valence-electron chi connectivity index (χ0n) is 10.4. The van der Waals surface area contributed by atoms with Crippen molar-refractivity contribution < 1.29 is 14.7 Å². The fraction of sp³-hybridized carbons (Fsp3) is 0.167. The van der Waals surface area contributed by atoms with E-state index >= 15 is 0 Å². The van der Waals surface area contributed by atoms with E-state index in [1.807, 2.05) is 6.92 Å². The molecule has 0 bridgehead atoms. The highest BCUT2D eigenvalue weighted by molar-refractivity contribution is 9.10. The molecule has 0 saturated carbocycles. The number of rotatable bonds is 4. The van der Waals surface area contributed by atoms with E-state index in [1.165, 1.54) is 12.1 Å². The van der Waals surface area contributed by atoms with Gasteiger partial charge in [-0.25, -0.2) is 4.79 Å². The quantitative estimate of drug-likeness (QED) is 0.879. The number of benzene rings is 1. The molecule has 1 aromatic heterocycles. The number of nitrogens with zero attached hydrogens (tertiary/aromatic N) is 2. The van der Waals surface area contributed by atoms with Crippen molar-refractivity contribution in [1.29, 1.82) is 0 Å². The molecule has 1 amide bonds. The number of carboxylic acids is 1. The highest BCUT2D eigenvalue weighted by Crippen LogP contribution is 2.22. The highest BCUT2D eigenvalue weighted by Gasteiger charge is 2.18. The third kappa shape index (κ3) is 3.02. The predicted molar refractivity (Wildman–Crippen MR) is 78.3 cm³/mol. The van der Waals surface area contributed by atoms with Crippen LogP contribution in [-0.4, -0.2) is 26.6 Å². The first-order valence-corrected chi connectivity index (χ1v) is 7.25. The molecule has 0 radical (unpaired) electrons. The fourth-order valence-electron chi connectivity index (χ4n) is 1.59. The average Bonchev–Trinajstić information content (AvgIpc) is 2.89. The van der Waals surface area contributed by atoms with Crippen molar-refractivity contribution in [1.82, 2.24) is 9.59 Å². The van der Waals surface area contributed by atoms with Crippen molar-refractivity contribution in [2.24, 2.45) is 0 Å². The lowest BCUT2D eigenvalue weighted by Crippen LogP contribution is -2.15. The number of carboxylic acid groups (broad SMARTS) is 1. The molecular formula is C12H10BrN3O3S. The van der Waals surface area contributed by atoms with Crippen LogP contribution in [-0.2, 0) is 6.42 Å². The van der Waals surface area contributed by atoms with E-state index in [2.05, 4.69) is 30.8 Å². The van der Waals surface area contributed by atoms with E-state index < -0.39 is 11.9 Å². The molecule has 20 heavy (non-hydrogen) atoms. The molecule has 1 aromatic carbocycles. The summed E-state index contributed by atoms with van der Waals surface area (Å²) in [5.74, 6) is -1.51. The third-order valence-corrected chi connectivity index (χ3v) is 3.82. The van der Waals surface area contributed by atoms with Gasteiger partial charge in [0.2, 0.25) is 0 Å². The number of carbonyl (C=O) groups is 2. The van der Waals surface area contributed by atoms with Crippen molar-refractivity contribution in [3.05, 3.63) is 38.8 Å². The van der Waals surface area contributed by atoms with Crippen LogP contribution in [0.15, 0.2) is 22.7 Å². The van der Waals surface area contributed by atoms with E-state index in [0.717, 1.165) is 11.5 Å². The zero-order valence-corrected chi connectivity index (χ0v) is 12.8. The fourth-order valence-corrected chi connectivity index (χ4v) is 2.60. The van der Waals surface area contributed by atoms with Gasteiger partial charge in [0, 0.05) is 4.47 Å². The number of hydrogen-bond donors (Lipinski definition) is 2. The summed E-state index contributed by atoms with van der Waals surface area (Å²) >= 11 is 4.19. The van der Waals surface area contributed by atoms with Crippen LogP contribution >= 0.6 is 27.5 Å². The highest BCUT2D eigenvalue weighted by atomic mass is 79.9. The number of aromatic carboxylic acids is 1. The molecule has 1 heterocycles. The number of amides is 1. The largest absolute Gasteiger partial charge is 0.478 e. The zero-order chi connectivity index (χ0) is 14.7. The number of anilines is 1. The van der Waals surface area contributed by atoms with E-state index in [0.29, 0.717) is 21.5 Å². The van der Waals surface area contributed by atoms with Crippen LogP contribution in [0.1, 0.15) is 32.6 Å². The Morgan fingerprint density at radius 2 is 2.20 bits per heavy atom. The van der Waals surface area contributed by atoms with Gasteiger partial charge in [0.15, 0.2) is 0 Å². The van der Waals surface area contributed by atoms with Crippen molar-refractivity contribution >= 4 is 45.0 Å². The molecule has 0 aliphatic heterocycles. The lowest BCUT2D eigenvalue weighted by molar-refractivity contribution is 0.0698. The number of halogens is 1. The molecular weight excluding hydrogens is 346 g/mol. The summed E-state index contributed by atoms with van der Waals surface area (Å²) in [6.07, 6.45) is 0.589. The van der Waals surface area contributed by atoms with Gasteiger partial charge in [0.1, 0.15) is 4.88 Å². The van der Waals surface area contributed by atoms with Gasteiger partial charge in [-0.1, -0.05) is 27.3 Å². The third-order valence-electron chi connectivity index (χ3n) is 2.56. The molecule has 0 spiro atoms. The lowest BCUT2D eigenvalue weighted by atomic mass is 10.1. The summed E-state index contributed by atoms with van der Waals surface area (Å²) in [5.41, 5.74) is 0.853. The molecule has 0 atom stereocenters. The standard InChI is InChI=1S/C12H10BrN3O3S/c1-2-8-10(20-16-15-8)11(17)14-9-4-3-6(13)5-7(9)12(18)19/h3-5H,2H2,1H3,(H,14,17)(H,18,19). The molecule has 0 aliphatic carbocycles. The molecule has 0 unspecified atom stereocenters. The van der Waals surface area contributed by atoms with Gasteiger partial charge in [0.05, 0.1) is 16.9 Å². The van der Waals surface area contributed by atoms with Gasteiger partial charge in [-0.2, -0.15) is 0 Å². The number of carbonyl (C=O) groups excluding carboxylic acids is 1. The van der Waals surface area contributed by atoms with E-state index in [-0.39, 0.29) is 11.3 Å². The molecule has 8 heteroatoms. The van der Waals surface area contributed by atoms with Gasteiger partial charge in [-0.15, -0.1) is 5.10 Å². The first kappa shape index (κ1) is 14.6. The topological polar surface area (TPSA) is 92.2 Å². The molecule has 0 aliphatic rings. The summed E-state index contributed by atoms with van der Waals surface area (Å²) in [6.45, 7) is 1.87. The normalized spacial score (nSPS) is 10.3. The molecule has 0 saturated heterocycles. The Morgan fingerprint density at radius 3 is 2.85 bits per heavy atom. The van der Waals surface area contributed by atoms with Crippen LogP contribution in [0, 0.1) is 0 Å². The van der Waals surface area contributed by atoms with Crippen molar-refractivity contribution in [3.63, 3.8) is 0 Å². The molecule has 2 N–H and O–H groups in total. The van der Waals surface area contributed by atoms with E-state index in [4.69, 9.17) is 5.11 Å². The summed E-state index contributed by atoms with van der Waals surface area (Å²) in [7, 11) is 0. The second-order valence-corrected chi connectivity index (χ2v) is 5.52. The minimum atomic E-state index is -1.11. The van der Waals surface area contributed by atoms with Gasteiger partial charge in [-0.3, -0.25) is 4.79 Å². The van der Waals surface area contributed by atoms with Gasteiger partial charge in [0.25, 0.3) is 5.91 Å². The van der Waals surface area contributed by atoms with Gasteiger partial charge < -0.3 is 10.4 Å². The maximum Gasteiger partial charge on any atom is 0.337 e. The Kier molecular flexibility index (Phi) is 4.46. The number of aryl methyl sites for hydroxylation is 1. The SMILES string of the molecule is CCc1nnsc1C(=O)Nc1ccc(Br)cc1C(=O)O. The average molecular weight is 356 g/mol. The number of aromatic nitrogens is 2. The summed E-state index contributed by atoms with van der Waals surface area (Å²) < 4.78 is 4.36. The summed E-state index contributed by atoms with van der Waals surface area (Å²) in [6, 6.07) is 4.63. The minimum absolute atomic E-state index is 0.0169. The van der Waals surface area contributed by atoms with Crippen LogP contribution < -0.4 is 5.32 Å². The van der Waals surface area contributed by atoms with E-state index in [1.54, 1.807) is 6.07 Å². The maximum absolute atomic E-state index is 12.1. The number of nitrogens with one attached hydrogen (secondary N) is 1. The molecule has 2 aromatic rings. The molecule has 6 nitrogen and oxygen atoms in total. The lowest BCUT2D eigenvalue weighted by Gasteiger charge is -2.08. The van der Waals surface area contributed by atoms with Crippen LogP contribution in [0.2, 0.25) is 0 Å².